The Labute approximate surface area is 106 Å². The van der Waals surface area contributed by atoms with Gasteiger partial charge in [0.05, 0.1) is 0 Å². The van der Waals surface area contributed by atoms with Gasteiger partial charge in [-0.05, 0) is 16.3 Å². The van der Waals surface area contributed by atoms with Crippen molar-refractivity contribution in [2.75, 3.05) is 7.05 Å². The molecule has 0 fully saturated rings. The highest BCUT2D eigenvalue weighted by molar-refractivity contribution is 6.46. The number of hydrogen-bond donors (Lipinski definition) is 1. The van der Waals surface area contributed by atoms with Crippen molar-refractivity contribution < 1.29 is 0 Å². The summed E-state index contributed by atoms with van der Waals surface area (Å²) in [6, 6.07) is 21.1. The van der Waals surface area contributed by atoms with Crippen LogP contribution in [0.1, 0.15) is 11.1 Å². The molecule has 17 heavy (non-hydrogen) atoms. The summed E-state index contributed by atoms with van der Waals surface area (Å²) in [7, 11) is 3.01. The molecule has 0 aliphatic carbocycles. The normalized spacial score (nSPS) is 12.1. The van der Waals surface area contributed by atoms with Crippen LogP contribution in [0.4, 0.5) is 0 Å². The second-order valence-corrected chi connectivity index (χ2v) is 4.98. The van der Waals surface area contributed by atoms with E-state index in [2.05, 4.69) is 59.9 Å². The number of nitrogens with one attached hydrogen (secondary N) is 1. The van der Waals surface area contributed by atoms with Crippen LogP contribution in [-0.2, 0) is 0 Å². The molecule has 86 valence electrons. The molecule has 0 heterocycles. The third-order valence-corrected chi connectivity index (χ3v) is 3.97. The van der Waals surface area contributed by atoms with Crippen LogP contribution in [0.25, 0.3) is 10.9 Å². The second-order valence-electron chi connectivity index (χ2n) is 3.98. The maximum atomic E-state index is 3.33. The molecule has 0 spiro atoms. The molecular formula is C15H17NSi. The first-order chi connectivity index (χ1) is 8.33. The van der Waals surface area contributed by atoms with Gasteiger partial charge in [0, 0.05) is 23.0 Å². The Bertz CT molecular complexity index is 503. The van der Waals surface area contributed by atoms with E-state index >= 15 is 0 Å². The van der Waals surface area contributed by atoms with Gasteiger partial charge in [-0.3, -0.25) is 0 Å². The minimum absolute atomic E-state index is 1.02. The van der Waals surface area contributed by atoms with Gasteiger partial charge in [-0.25, -0.2) is 0 Å². The standard InChI is InChI=1S/C15H17NSi/c1-16-14(12-8-4-2-5-9-12)15(17)13-10-6-3-7-11-13/h2-11,16H,1,17H3. The molecule has 0 radical (unpaired) electrons. The smallest absolute Gasteiger partial charge is 0.0420 e. The van der Waals surface area contributed by atoms with Crippen molar-refractivity contribution in [1.29, 1.82) is 0 Å². The predicted molar refractivity (Wildman–Crippen MR) is 78.7 cm³/mol. The first kappa shape index (κ1) is 11.7. The third-order valence-electron chi connectivity index (χ3n) is 2.89. The second kappa shape index (κ2) is 5.50. The maximum absolute atomic E-state index is 3.33. The minimum atomic E-state index is 1.02. The molecule has 0 amide bonds. The lowest BCUT2D eigenvalue weighted by Crippen LogP contribution is -2.08. The molecule has 1 N–H and O–H groups in total. The summed E-state index contributed by atoms with van der Waals surface area (Å²) in [6.07, 6.45) is 0. The summed E-state index contributed by atoms with van der Waals surface area (Å²) in [4.78, 5) is 0. The quantitative estimate of drug-likeness (QED) is 0.639. The van der Waals surface area contributed by atoms with E-state index in [1.54, 1.807) is 0 Å². The van der Waals surface area contributed by atoms with E-state index in [1.165, 1.54) is 22.0 Å². The van der Waals surface area contributed by atoms with Crippen LogP contribution in [0.5, 0.6) is 0 Å². The Hall–Kier alpha value is -1.80. The highest BCUT2D eigenvalue weighted by Crippen LogP contribution is 2.21. The fraction of sp³-hybridized carbons (Fsp3) is 0.0667. The van der Waals surface area contributed by atoms with E-state index in [9.17, 15) is 0 Å². The average Bonchev–Trinajstić information content (AvgIpc) is 2.42. The van der Waals surface area contributed by atoms with E-state index in [1.807, 2.05) is 13.1 Å². The molecule has 2 aromatic carbocycles. The predicted octanol–water partition coefficient (Wildman–Crippen LogP) is 2.10. The first-order valence-corrected chi connectivity index (χ1v) is 6.82. The molecule has 0 bridgehead atoms. The van der Waals surface area contributed by atoms with Gasteiger partial charge in [-0.1, -0.05) is 60.7 Å². The van der Waals surface area contributed by atoms with Crippen LogP contribution in [-0.4, -0.2) is 17.3 Å². The first-order valence-electron chi connectivity index (χ1n) is 5.82. The lowest BCUT2D eigenvalue weighted by Gasteiger charge is -2.12. The molecule has 2 rings (SSSR count). The van der Waals surface area contributed by atoms with Gasteiger partial charge in [-0.2, -0.15) is 0 Å². The Morgan fingerprint density at radius 1 is 0.824 bits per heavy atom. The molecule has 0 unspecified atom stereocenters. The van der Waals surface area contributed by atoms with Crippen LogP contribution in [0.3, 0.4) is 0 Å². The van der Waals surface area contributed by atoms with E-state index in [-0.39, 0.29) is 0 Å². The summed E-state index contributed by atoms with van der Waals surface area (Å²) in [5, 5.41) is 4.73. The largest absolute Gasteiger partial charge is 0.388 e. The van der Waals surface area contributed by atoms with Crippen molar-refractivity contribution in [2.45, 2.75) is 0 Å². The van der Waals surface area contributed by atoms with E-state index in [0.29, 0.717) is 0 Å². The maximum Gasteiger partial charge on any atom is 0.0420 e. The van der Waals surface area contributed by atoms with Gasteiger partial charge in [-0.15, -0.1) is 0 Å². The van der Waals surface area contributed by atoms with Gasteiger partial charge in [0.1, 0.15) is 0 Å². The Morgan fingerprint density at radius 2 is 1.29 bits per heavy atom. The summed E-state index contributed by atoms with van der Waals surface area (Å²) in [6.45, 7) is 0. The van der Waals surface area contributed by atoms with Crippen molar-refractivity contribution in [1.82, 2.24) is 5.32 Å². The summed E-state index contributed by atoms with van der Waals surface area (Å²) in [5.74, 6) is 0. The van der Waals surface area contributed by atoms with Crippen LogP contribution in [0.2, 0.25) is 0 Å². The topological polar surface area (TPSA) is 12.0 Å². The zero-order chi connectivity index (χ0) is 12.1. The van der Waals surface area contributed by atoms with Crippen molar-refractivity contribution >= 4 is 21.1 Å². The van der Waals surface area contributed by atoms with Gasteiger partial charge >= 0.3 is 0 Å². The fourth-order valence-corrected chi connectivity index (χ4v) is 2.86. The summed E-state index contributed by atoms with van der Waals surface area (Å²) in [5.41, 5.74) is 3.81. The molecule has 0 saturated carbocycles. The molecule has 2 aromatic rings. The van der Waals surface area contributed by atoms with E-state index in [0.717, 1.165) is 10.2 Å². The summed E-state index contributed by atoms with van der Waals surface area (Å²) >= 11 is 0. The Morgan fingerprint density at radius 3 is 1.76 bits per heavy atom. The molecule has 0 aliphatic heterocycles. The lowest BCUT2D eigenvalue weighted by atomic mass is 10.1. The third kappa shape index (κ3) is 2.66. The van der Waals surface area contributed by atoms with Crippen LogP contribution < -0.4 is 5.32 Å². The molecule has 0 saturated heterocycles. The van der Waals surface area contributed by atoms with Crippen molar-refractivity contribution in [2.24, 2.45) is 0 Å². The van der Waals surface area contributed by atoms with Crippen molar-refractivity contribution in [3.8, 4) is 0 Å². The highest BCUT2D eigenvalue weighted by Gasteiger charge is 2.04. The molecular weight excluding hydrogens is 222 g/mol. The monoisotopic (exact) mass is 239 g/mol. The van der Waals surface area contributed by atoms with Crippen LogP contribution >= 0.6 is 0 Å². The van der Waals surface area contributed by atoms with Crippen LogP contribution in [0.15, 0.2) is 60.7 Å². The molecule has 2 heteroatoms. The average molecular weight is 239 g/mol. The van der Waals surface area contributed by atoms with E-state index < -0.39 is 0 Å². The number of hydrogen-bond acceptors (Lipinski definition) is 1. The van der Waals surface area contributed by atoms with Crippen LogP contribution in [0, 0.1) is 0 Å². The van der Waals surface area contributed by atoms with Gasteiger partial charge in [0.25, 0.3) is 0 Å². The minimum Gasteiger partial charge on any atom is -0.388 e. The van der Waals surface area contributed by atoms with Gasteiger partial charge < -0.3 is 5.32 Å². The SMILES string of the molecule is CNC(=C([SiH3])c1ccccc1)c1ccccc1. The Kier molecular flexibility index (Phi) is 3.78. The van der Waals surface area contributed by atoms with E-state index in [4.69, 9.17) is 0 Å². The number of benzene rings is 2. The zero-order valence-corrected chi connectivity index (χ0v) is 12.3. The molecule has 1 nitrogen and oxygen atoms in total. The van der Waals surface area contributed by atoms with Crippen molar-refractivity contribution in [3.63, 3.8) is 0 Å². The molecule has 0 atom stereocenters. The molecule has 0 aliphatic rings. The van der Waals surface area contributed by atoms with Gasteiger partial charge in [0.15, 0.2) is 0 Å². The zero-order valence-electron chi connectivity index (χ0n) is 10.3. The van der Waals surface area contributed by atoms with Crippen molar-refractivity contribution in [3.05, 3.63) is 71.8 Å². The lowest BCUT2D eigenvalue weighted by molar-refractivity contribution is 1.13. The fourth-order valence-electron chi connectivity index (χ4n) is 1.99. The number of rotatable bonds is 3. The summed E-state index contributed by atoms with van der Waals surface area (Å²) < 4.78 is 0. The van der Waals surface area contributed by atoms with Gasteiger partial charge in [0.2, 0.25) is 0 Å². The highest BCUT2D eigenvalue weighted by atomic mass is 28.1. The Balaban J connectivity index is 2.48. The molecule has 0 aromatic heterocycles.